The average molecular weight is 213 g/mol. The first-order valence-corrected chi connectivity index (χ1v) is 4.86. The lowest BCUT2D eigenvalue weighted by Gasteiger charge is -2.04. The topological polar surface area (TPSA) is 29.5 Å². The Balaban J connectivity index is 2.80. The van der Waals surface area contributed by atoms with E-state index in [0.29, 0.717) is 0 Å². The second kappa shape index (κ2) is 5.68. The molecule has 3 heteroatoms. The van der Waals surface area contributed by atoms with Gasteiger partial charge in [0.1, 0.15) is 5.75 Å². The summed E-state index contributed by atoms with van der Waals surface area (Å²) in [6, 6.07) is 7.59. The van der Waals surface area contributed by atoms with Crippen LogP contribution < -0.4 is 4.74 Å². The Bertz CT molecular complexity index is 310. The van der Waals surface area contributed by atoms with Crippen molar-refractivity contribution in [3.63, 3.8) is 0 Å². The van der Waals surface area contributed by atoms with Crippen LogP contribution >= 0.6 is 11.6 Å². The lowest BCUT2D eigenvalue weighted by molar-refractivity contribution is 0.248. The van der Waals surface area contributed by atoms with Crippen LogP contribution in [0.5, 0.6) is 5.75 Å². The number of rotatable bonds is 4. The van der Waals surface area contributed by atoms with Gasteiger partial charge in [0, 0.05) is 5.56 Å². The molecule has 1 N–H and O–H groups in total. The van der Waals surface area contributed by atoms with Gasteiger partial charge in [0.25, 0.3) is 0 Å². The second-order valence-electron chi connectivity index (χ2n) is 2.82. The molecule has 0 aliphatic heterocycles. The van der Waals surface area contributed by atoms with Crippen molar-refractivity contribution in [3.05, 3.63) is 35.9 Å². The summed E-state index contributed by atoms with van der Waals surface area (Å²) in [5.41, 5.74) is 0.930. The molecule has 76 valence electrons. The first-order chi connectivity index (χ1) is 6.77. The zero-order valence-electron chi connectivity index (χ0n) is 7.98. The van der Waals surface area contributed by atoms with E-state index in [1.165, 1.54) is 0 Å². The van der Waals surface area contributed by atoms with Crippen LogP contribution in [0, 0.1) is 0 Å². The van der Waals surface area contributed by atoms with Crippen molar-refractivity contribution in [1.82, 2.24) is 0 Å². The zero-order valence-corrected chi connectivity index (χ0v) is 8.74. The van der Waals surface area contributed by atoms with Crippen molar-refractivity contribution >= 4 is 17.7 Å². The Labute approximate surface area is 88.8 Å². The molecule has 0 spiro atoms. The van der Waals surface area contributed by atoms with Crippen molar-refractivity contribution < 1.29 is 9.84 Å². The van der Waals surface area contributed by atoms with E-state index in [-0.39, 0.29) is 5.88 Å². The highest BCUT2D eigenvalue weighted by atomic mass is 35.5. The fourth-order valence-corrected chi connectivity index (χ4v) is 1.17. The summed E-state index contributed by atoms with van der Waals surface area (Å²) in [6.07, 6.45) is 2.83. The van der Waals surface area contributed by atoms with Crippen LogP contribution in [0.25, 0.3) is 6.08 Å². The van der Waals surface area contributed by atoms with E-state index >= 15 is 0 Å². The van der Waals surface area contributed by atoms with Crippen LogP contribution in [0.4, 0.5) is 0 Å². The third-order valence-corrected chi connectivity index (χ3v) is 2.11. The predicted octanol–water partition coefficient (Wildman–Crippen LogP) is 2.31. The molecular weight excluding hydrogens is 200 g/mol. The van der Waals surface area contributed by atoms with Gasteiger partial charge in [-0.15, -0.1) is 11.6 Å². The molecule has 1 aromatic rings. The molecule has 0 saturated heterocycles. The Hall–Kier alpha value is -0.990. The molecule has 1 aromatic carbocycles. The molecule has 1 rings (SSSR count). The molecule has 0 radical (unpaired) electrons. The Morgan fingerprint density at radius 1 is 1.50 bits per heavy atom. The largest absolute Gasteiger partial charge is 0.496 e. The van der Waals surface area contributed by atoms with E-state index in [9.17, 15) is 5.11 Å². The molecule has 0 heterocycles. The minimum absolute atomic E-state index is 0.200. The van der Waals surface area contributed by atoms with Crippen LogP contribution in [0.3, 0.4) is 0 Å². The van der Waals surface area contributed by atoms with Crippen molar-refractivity contribution in [2.75, 3.05) is 13.0 Å². The monoisotopic (exact) mass is 212 g/mol. The molecule has 0 aliphatic rings. The van der Waals surface area contributed by atoms with Gasteiger partial charge in [-0.3, -0.25) is 0 Å². The number of para-hydroxylation sites is 1. The maximum absolute atomic E-state index is 9.22. The van der Waals surface area contributed by atoms with Crippen molar-refractivity contribution in [2.45, 2.75) is 6.10 Å². The van der Waals surface area contributed by atoms with Gasteiger partial charge >= 0.3 is 0 Å². The molecule has 0 aromatic heterocycles. The van der Waals surface area contributed by atoms with Gasteiger partial charge in [-0.1, -0.05) is 30.4 Å². The molecule has 0 bridgehead atoms. The number of alkyl halides is 1. The van der Waals surface area contributed by atoms with E-state index in [4.69, 9.17) is 16.3 Å². The highest BCUT2D eigenvalue weighted by Crippen LogP contribution is 2.18. The van der Waals surface area contributed by atoms with Crippen molar-refractivity contribution in [1.29, 1.82) is 0 Å². The van der Waals surface area contributed by atoms with E-state index in [1.807, 2.05) is 24.3 Å². The molecule has 2 nitrogen and oxygen atoms in total. The summed E-state index contributed by atoms with van der Waals surface area (Å²) in [4.78, 5) is 0. The second-order valence-corrected chi connectivity index (χ2v) is 3.13. The molecule has 1 atom stereocenters. The quantitative estimate of drug-likeness (QED) is 0.777. The van der Waals surface area contributed by atoms with Crippen molar-refractivity contribution in [3.8, 4) is 5.75 Å². The van der Waals surface area contributed by atoms with Crippen LogP contribution in [0.15, 0.2) is 30.3 Å². The number of aliphatic hydroxyl groups excluding tert-OH is 1. The molecule has 0 fully saturated rings. The van der Waals surface area contributed by atoms with Gasteiger partial charge in [0.2, 0.25) is 0 Å². The van der Waals surface area contributed by atoms with Gasteiger partial charge in [-0.05, 0) is 6.07 Å². The summed E-state index contributed by atoms with van der Waals surface area (Å²) in [6.45, 7) is 0. The number of methoxy groups -OCH3 is 1. The number of hydrogen-bond donors (Lipinski definition) is 1. The summed E-state index contributed by atoms with van der Waals surface area (Å²) in [5, 5.41) is 9.22. The maximum Gasteiger partial charge on any atom is 0.126 e. The van der Waals surface area contributed by atoms with Gasteiger partial charge in [0.15, 0.2) is 0 Å². The van der Waals surface area contributed by atoms with Crippen LogP contribution in [0.1, 0.15) is 5.56 Å². The number of halogens is 1. The van der Waals surface area contributed by atoms with Crippen molar-refractivity contribution in [2.24, 2.45) is 0 Å². The molecule has 1 unspecified atom stereocenters. The third kappa shape index (κ3) is 3.05. The van der Waals surface area contributed by atoms with Gasteiger partial charge in [-0.2, -0.15) is 0 Å². The van der Waals surface area contributed by atoms with E-state index in [2.05, 4.69) is 0 Å². The van der Waals surface area contributed by atoms with Crippen LogP contribution in [-0.2, 0) is 0 Å². The molecule has 14 heavy (non-hydrogen) atoms. The van der Waals surface area contributed by atoms with Crippen LogP contribution in [0.2, 0.25) is 0 Å². The summed E-state index contributed by atoms with van der Waals surface area (Å²) in [7, 11) is 1.62. The van der Waals surface area contributed by atoms with Gasteiger partial charge in [0.05, 0.1) is 19.1 Å². The number of ether oxygens (including phenoxy) is 1. The number of hydrogen-bond acceptors (Lipinski definition) is 2. The van der Waals surface area contributed by atoms with Gasteiger partial charge < -0.3 is 9.84 Å². The Morgan fingerprint density at radius 2 is 2.21 bits per heavy atom. The third-order valence-electron chi connectivity index (χ3n) is 1.79. The number of benzene rings is 1. The van der Waals surface area contributed by atoms with Crippen LogP contribution in [-0.4, -0.2) is 24.2 Å². The molecule has 0 amide bonds. The standard InChI is InChI=1S/C11H13ClO2/c1-14-11-5-3-2-4-9(11)6-7-10(13)8-12/h2-7,10,13H,8H2,1H3/b7-6+. The fraction of sp³-hybridized carbons (Fsp3) is 0.273. The fourth-order valence-electron chi connectivity index (χ4n) is 1.07. The lowest BCUT2D eigenvalue weighted by atomic mass is 10.1. The zero-order chi connectivity index (χ0) is 10.4. The van der Waals surface area contributed by atoms with E-state index in [1.54, 1.807) is 19.3 Å². The smallest absolute Gasteiger partial charge is 0.126 e. The molecule has 0 saturated carbocycles. The predicted molar refractivity (Wildman–Crippen MR) is 58.8 cm³/mol. The Kier molecular flexibility index (Phi) is 4.50. The summed E-state index contributed by atoms with van der Waals surface area (Å²) < 4.78 is 5.15. The number of aliphatic hydroxyl groups is 1. The Morgan fingerprint density at radius 3 is 2.86 bits per heavy atom. The average Bonchev–Trinajstić information content (AvgIpc) is 2.26. The van der Waals surface area contributed by atoms with E-state index < -0.39 is 6.10 Å². The highest BCUT2D eigenvalue weighted by Gasteiger charge is 1.98. The SMILES string of the molecule is COc1ccccc1/C=C/C(O)CCl. The normalized spacial score (nSPS) is 13.1. The summed E-state index contributed by atoms with van der Waals surface area (Å²) in [5.74, 6) is 0.983. The minimum atomic E-state index is -0.610. The maximum atomic E-state index is 9.22. The molecular formula is C11H13ClO2. The molecule has 0 aliphatic carbocycles. The highest BCUT2D eigenvalue weighted by molar-refractivity contribution is 6.18. The first-order valence-electron chi connectivity index (χ1n) is 4.33. The summed E-state index contributed by atoms with van der Waals surface area (Å²) >= 11 is 5.46. The minimum Gasteiger partial charge on any atom is -0.496 e. The van der Waals surface area contributed by atoms with E-state index in [0.717, 1.165) is 11.3 Å². The van der Waals surface area contributed by atoms with Gasteiger partial charge in [-0.25, -0.2) is 0 Å². The lowest BCUT2D eigenvalue weighted by Crippen LogP contribution is -2.02. The first kappa shape index (κ1) is 11.1.